The van der Waals surface area contributed by atoms with E-state index in [1.165, 1.54) is 25.7 Å². The molecule has 0 nitrogen and oxygen atoms in total. The molecule has 0 amide bonds. The first kappa shape index (κ1) is 12.5. The Morgan fingerprint density at radius 3 is 2.79 bits per heavy atom. The van der Waals surface area contributed by atoms with E-state index < -0.39 is 0 Å². The largest absolute Gasteiger partial charge is 0.0853 e. The van der Waals surface area contributed by atoms with E-state index in [-0.39, 0.29) is 0 Å². The van der Waals surface area contributed by atoms with E-state index in [1.807, 2.05) is 0 Å². The summed E-state index contributed by atoms with van der Waals surface area (Å²) in [4.78, 5) is 0. The second-order valence-electron chi connectivity index (χ2n) is 8.51. The maximum atomic E-state index is 2.62. The zero-order valence-electron chi connectivity index (χ0n) is 12.8. The summed E-state index contributed by atoms with van der Waals surface area (Å²) < 4.78 is 0. The molecule has 0 aliphatic heterocycles. The van der Waals surface area contributed by atoms with E-state index in [0.29, 0.717) is 0 Å². The fourth-order valence-electron chi connectivity index (χ4n) is 6.68. The molecule has 4 aliphatic carbocycles. The SMILES string of the molecule is CC1=CCC2C(CCC3C2CCC2(C)CCCC32)C1. The monoisotopic (exact) mass is 258 g/mol. The predicted octanol–water partition coefficient (Wildman–Crippen LogP) is 5.59. The Balaban J connectivity index is 1.59. The standard InChI is InChI=1S/C19H30/c1-13-5-7-15-14(12-13)6-8-17-16(15)9-11-19(2)10-3-4-18(17)19/h5,14-18H,3-4,6-12H2,1-2H3. The third kappa shape index (κ3) is 1.85. The summed E-state index contributed by atoms with van der Waals surface area (Å²) in [5.74, 6) is 5.41. The van der Waals surface area contributed by atoms with Crippen molar-refractivity contribution in [2.45, 2.75) is 71.6 Å². The van der Waals surface area contributed by atoms with Gasteiger partial charge in [0.1, 0.15) is 0 Å². The van der Waals surface area contributed by atoms with Crippen molar-refractivity contribution in [3.05, 3.63) is 11.6 Å². The molecule has 4 rings (SSSR count). The maximum Gasteiger partial charge on any atom is -0.0292 e. The van der Waals surface area contributed by atoms with Gasteiger partial charge in [-0.25, -0.2) is 0 Å². The van der Waals surface area contributed by atoms with Gasteiger partial charge in [-0.15, -0.1) is 0 Å². The van der Waals surface area contributed by atoms with Gasteiger partial charge in [0.25, 0.3) is 0 Å². The maximum absolute atomic E-state index is 2.62. The molecule has 0 radical (unpaired) electrons. The van der Waals surface area contributed by atoms with E-state index in [0.717, 1.165) is 35.0 Å². The van der Waals surface area contributed by atoms with Crippen molar-refractivity contribution in [3.63, 3.8) is 0 Å². The molecule has 6 atom stereocenters. The molecular formula is C19H30. The summed E-state index contributed by atoms with van der Waals surface area (Å²) >= 11 is 0. The lowest BCUT2D eigenvalue weighted by atomic mass is 9.51. The van der Waals surface area contributed by atoms with Crippen LogP contribution in [0.15, 0.2) is 11.6 Å². The van der Waals surface area contributed by atoms with Crippen LogP contribution in [0.2, 0.25) is 0 Å². The first-order valence-corrected chi connectivity index (χ1v) is 8.83. The van der Waals surface area contributed by atoms with Gasteiger partial charge in [-0.2, -0.15) is 0 Å². The molecular weight excluding hydrogens is 228 g/mol. The van der Waals surface area contributed by atoms with Crippen LogP contribution >= 0.6 is 0 Å². The Hall–Kier alpha value is -0.260. The molecule has 19 heavy (non-hydrogen) atoms. The van der Waals surface area contributed by atoms with Crippen LogP contribution in [0.25, 0.3) is 0 Å². The molecule has 0 aromatic carbocycles. The Labute approximate surface area is 119 Å². The highest BCUT2D eigenvalue weighted by atomic mass is 14.6. The van der Waals surface area contributed by atoms with Crippen LogP contribution in [0, 0.1) is 35.0 Å². The smallest absolute Gasteiger partial charge is 0.0292 e. The molecule has 0 saturated heterocycles. The summed E-state index contributed by atoms with van der Waals surface area (Å²) in [6, 6.07) is 0. The van der Waals surface area contributed by atoms with Gasteiger partial charge in [-0.1, -0.05) is 25.0 Å². The molecule has 0 bridgehead atoms. The molecule has 0 spiro atoms. The van der Waals surface area contributed by atoms with E-state index in [9.17, 15) is 0 Å². The van der Waals surface area contributed by atoms with Gasteiger partial charge >= 0.3 is 0 Å². The summed E-state index contributed by atoms with van der Waals surface area (Å²) in [5, 5.41) is 0. The summed E-state index contributed by atoms with van der Waals surface area (Å²) in [6.45, 7) is 4.98. The van der Waals surface area contributed by atoms with Crippen LogP contribution < -0.4 is 0 Å². The number of rotatable bonds is 0. The highest BCUT2D eigenvalue weighted by molar-refractivity contribution is 5.11. The van der Waals surface area contributed by atoms with Crippen LogP contribution in [0.5, 0.6) is 0 Å². The third-order valence-electron chi connectivity index (χ3n) is 7.62. The van der Waals surface area contributed by atoms with Crippen molar-refractivity contribution in [1.29, 1.82) is 0 Å². The molecule has 0 heteroatoms. The van der Waals surface area contributed by atoms with E-state index in [1.54, 1.807) is 37.7 Å². The van der Waals surface area contributed by atoms with Gasteiger partial charge in [-0.3, -0.25) is 0 Å². The Kier molecular flexibility index (Phi) is 2.87. The van der Waals surface area contributed by atoms with Crippen molar-refractivity contribution < 1.29 is 0 Å². The van der Waals surface area contributed by atoms with Crippen LogP contribution in [0.1, 0.15) is 71.6 Å². The third-order valence-corrected chi connectivity index (χ3v) is 7.62. The van der Waals surface area contributed by atoms with Crippen molar-refractivity contribution in [3.8, 4) is 0 Å². The quantitative estimate of drug-likeness (QED) is 0.497. The molecule has 3 fully saturated rings. The number of hydrogen-bond acceptors (Lipinski definition) is 0. The average Bonchev–Trinajstić information content (AvgIpc) is 2.79. The molecule has 4 aliphatic rings. The molecule has 6 unspecified atom stereocenters. The van der Waals surface area contributed by atoms with Gasteiger partial charge in [0, 0.05) is 0 Å². The summed E-state index contributed by atoms with van der Waals surface area (Å²) in [7, 11) is 0. The minimum atomic E-state index is 0.744. The second kappa shape index (κ2) is 4.37. The minimum Gasteiger partial charge on any atom is -0.0853 e. The molecule has 106 valence electrons. The van der Waals surface area contributed by atoms with E-state index in [2.05, 4.69) is 19.9 Å². The van der Waals surface area contributed by atoms with Crippen molar-refractivity contribution in [2.24, 2.45) is 35.0 Å². The van der Waals surface area contributed by atoms with Crippen LogP contribution in [-0.2, 0) is 0 Å². The number of hydrogen-bond donors (Lipinski definition) is 0. The summed E-state index contributed by atoms with van der Waals surface area (Å²) in [6.07, 6.45) is 16.3. The first-order chi connectivity index (χ1) is 9.17. The van der Waals surface area contributed by atoms with Crippen molar-refractivity contribution in [2.75, 3.05) is 0 Å². The molecule has 0 N–H and O–H groups in total. The highest BCUT2D eigenvalue weighted by Crippen LogP contribution is 2.62. The highest BCUT2D eigenvalue weighted by Gasteiger charge is 2.52. The lowest BCUT2D eigenvalue weighted by molar-refractivity contribution is -0.0382. The molecule has 0 heterocycles. The number of allylic oxidation sites excluding steroid dienone is 2. The van der Waals surface area contributed by atoms with Gasteiger partial charge in [0.2, 0.25) is 0 Å². The van der Waals surface area contributed by atoms with Gasteiger partial charge in [0.05, 0.1) is 0 Å². The van der Waals surface area contributed by atoms with Crippen LogP contribution in [0.4, 0.5) is 0 Å². The fraction of sp³-hybridized carbons (Fsp3) is 0.895. The van der Waals surface area contributed by atoms with Crippen molar-refractivity contribution in [1.82, 2.24) is 0 Å². The normalized spacial score (nSPS) is 52.9. The molecule has 0 aromatic rings. The van der Waals surface area contributed by atoms with Gasteiger partial charge in [0.15, 0.2) is 0 Å². The average molecular weight is 258 g/mol. The summed E-state index contributed by atoms with van der Waals surface area (Å²) in [5.41, 5.74) is 2.43. The topological polar surface area (TPSA) is 0 Å². The Morgan fingerprint density at radius 1 is 1.00 bits per heavy atom. The zero-order chi connectivity index (χ0) is 13.0. The van der Waals surface area contributed by atoms with Gasteiger partial charge < -0.3 is 0 Å². The zero-order valence-corrected chi connectivity index (χ0v) is 12.8. The molecule has 0 aromatic heterocycles. The van der Waals surface area contributed by atoms with E-state index >= 15 is 0 Å². The predicted molar refractivity (Wildman–Crippen MR) is 80.9 cm³/mol. The Bertz CT molecular complexity index is 393. The molecule has 3 saturated carbocycles. The van der Waals surface area contributed by atoms with Gasteiger partial charge in [-0.05, 0) is 93.3 Å². The van der Waals surface area contributed by atoms with Crippen LogP contribution in [0.3, 0.4) is 0 Å². The minimum absolute atomic E-state index is 0.744. The Morgan fingerprint density at radius 2 is 1.89 bits per heavy atom. The fourth-order valence-corrected chi connectivity index (χ4v) is 6.68. The first-order valence-electron chi connectivity index (χ1n) is 8.83. The van der Waals surface area contributed by atoms with E-state index in [4.69, 9.17) is 0 Å². The van der Waals surface area contributed by atoms with Crippen LogP contribution in [-0.4, -0.2) is 0 Å². The lowest BCUT2D eigenvalue weighted by Crippen LogP contribution is -2.46. The van der Waals surface area contributed by atoms with Crippen molar-refractivity contribution >= 4 is 0 Å². The second-order valence-corrected chi connectivity index (χ2v) is 8.51. The number of fused-ring (bicyclic) bond motifs is 5. The lowest BCUT2D eigenvalue weighted by Gasteiger charge is -2.54.